The van der Waals surface area contributed by atoms with Crippen LogP contribution in [0.15, 0.2) is 17.0 Å². The van der Waals surface area contributed by atoms with Crippen LogP contribution in [0.3, 0.4) is 0 Å². The van der Waals surface area contributed by atoms with Gasteiger partial charge >= 0.3 is 0 Å². The summed E-state index contributed by atoms with van der Waals surface area (Å²) in [4.78, 5) is 11.1. The molecule has 11 heavy (non-hydrogen) atoms. The van der Waals surface area contributed by atoms with Crippen LogP contribution in [-0.4, -0.2) is 15.0 Å². The molecule has 0 atom stereocenters. The molecule has 2 aromatic rings. The topological polar surface area (TPSA) is 41.6 Å². The Morgan fingerprint density at radius 2 is 2.36 bits per heavy atom. The van der Waals surface area contributed by atoms with Crippen molar-refractivity contribution in [2.24, 2.45) is 0 Å². The average molecular weight is 232 g/mol. The molecule has 0 unspecified atom stereocenters. The van der Waals surface area contributed by atoms with Crippen molar-refractivity contribution >= 4 is 38.7 Å². The van der Waals surface area contributed by atoms with E-state index in [1.807, 2.05) is 0 Å². The molecular weight excluding hydrogens is 229 g/mol. The van der Waals surface area contributed by atoms with Crippen molar-refractivity contribution in [3.05, 3.63) is 22.0 Å². The van der Waals surface area contributed by atoms with Crippen LogP contribution in [0.4, 0.5) is 0 Å². The summed E-state index contributed by atoms with van der Waals surface area (Å²) in [6.45, 7) is 0. The van der Waals surface area contributed by atoms with Crippen LogP contribution in [0.2, 0.25) is 5.02 Å². The Kier molecular flexibility index (Phi) is 1.58. The molecule has 1 N–H and O–H groups in total. The lowest BCUT2D eigenvalue weighted by atomic mass is 10.5. The molecule has 5 heteroatoms. The Hall–Kier alpha value is -0.610. The molecule has 0 amide bonds. The van der Waals surface area contributed by atoms with Gasteiger partial charge < -0.3 is 4.98 Å². The zero-order valence-electron chi connectivity index (χ0n) is 5.31. The van der Waals surface area contributed by atoms with Crippen LogP contribution in [0.5, 0.6) is 0 Å². The van der Waals surface area contributed by atoms with E-state index in [1.54, 1.807) is 12.4 Å². The van der Waals surface area contributed by atoms with E-state index in [4.69, 9.17) is 11.6 Å². The van der Waals surface area contributed by atoms with Crippen LogP contribution >= 0.6 is 27.5 Å². The van der Waals surface area contributed by atoms with Gasteiger partial charge in [0.25, 0.3) is 0 Å². The maximum absolute atomic E-state index is 5.79. The molecule has 0 fully saturated rings. The lowest BCUT2D eigenvalue weighted by Crippen LogP contribution is -1.80. The van der Waals surface area contributed by atoms with Crippen LogP contribution in [0, 0.1) is 0 Å². The van der Waals surface area contributed by atoms with Crippen molar-refractivity contribution in [1.29, 1.82) is 0 Å². The number of hydrogen-bond acceptors (Lipinski definition) is 2. The summed E-state index contributed by atoms with van der Waals surface area (Å²) in [5.74, 6) is 0. The van der Waals surface area contributed by atoms with Crippen LogP contribution in [0.1, 0.15) is 0 Å². The number of hydrogen-bond donors (Lipinski definition) is 1. The number of aromatic amines is 1. The van der Waals surface area contributed by atoms with E-state index in [9.17, 15) is 0 Å². The van der Waals surface area contributed by atoms with Crippen molar-refractivity contribution in [3.63, 3.8) is 0 Å². The molecule has 0 aliphatic rings. The smallest absolute Gasteiger partial charge is 0.157 e. The van der Waals surface area contributed by atoms with Gasteiger partial charge in [0.2, 0.25) is 0 Å². The molecule has 3 nitrogen and oxygen atoms in total. The first-order valence-electron chi connectivity index (χ1n) is 2.92. The minimum atomic E-state index is 0.591. The van der Waals surface area contributed by atoms with Gasteiger partial charge in [-0.2, -0.15) is 0 Å². The van der Waals surface area contributed by atoms with Gasteiger partial charge in [-0.15, -0.1) is 0 Å². The van der Waals surface area contributed by atoms with Crippen LogP contribution < -0.4 is 0 Å². The number of fused-ring (bicyclic) bond motifs is 1. The zero-order valence-corrected chi connectivity index (χ0v) is 7.65. The Morgan fingerprint density at radius 3 is 3.18 bits per heavy atom. The first-order valence-corrected chi connectivity index (χ1v) is 4.09. The van der Waals surface area contributed by atoms with Crippen LogP contribution in [0.25, 0.3) is 11.2 Å². The van der Waals surface area contributed by atoms with Gasteiger partial charge in [-0.05, 0) is 15.9 Å². The summed E-state index contributed by atoms with van der Waals surface area (Å²) < 4.78 is 0.687. The predicted octanol–water partition coefficient (Wildman–Crippen LogP) is 2.37. The Morgan fingerprint density at radius 1 is 1.55 bits per heavy atom. The highest BCUT2D eigenvalue weighted by molar-refractivity contribution is 9.10. The van der Waals surface area contributed by atoms with Gasteiger partial charge in [-0.1, -0.05) is 11.6 Å². The summed E-state index contributed by atoms with van der Waals surface area (Å²) in [7, 11) is 0. The SMILES string of the molecule is Clc1c[nH]c2ncc(Br)nc12. The largest absolute Gasteiger partial charge is 0.343 e. The Labute approximate surface area is 75.9 Å². The monoisotopic (exact) mass is 231 g/mol. The summed E-state index contributed by atoms with van der Waals surface area (Å²) >= 11 is 9.00. The highest BCUT2D eigenvalue weighted by Gasteiger charge is 2.02. The highest BCUT2D eigenvalue weighted by Crippen LogP contribution is 2.20. The van der Waals surface area contributed by atoms with Gasteiger partial charge in [0.1, 0.15) is 10.1 Å². The van der Waals surface area contributed by atoms with E-state index < -0.39 is 0 Å². The number of rotatable bonds is 0. The second-order valence-electron chi connectivity index (χ2n) is 2.03. The molecular formula is C6H3BrClN3. The fourth-order valence-electron chi connectivity index (χ4n) is 0.840. The minimum absolute atomic E-state index is 0.591. The summed E-state index contributed by atoms with van der Waals surface area (Å²) in [6, 6.07) is 0. The van der Waals surface area contributed by atoms with Crippen molar-refractivity contribution in [1.82, 2.24) is 15.0 Å². The van der Waals surface area contributed by atoms with E-state index in [1.165, 1.54) is 0 Å². The van der Waals surface area contributed by atoms with E-state index in [0.29, 0.717) is 20.8 Å². The fourth-order valence-corrected chi connectivity index (χ4v) is 1.31. The van der Waals surface area contributed by atoms with E-state index >= 15 is 0 Å². The standard InChI is InChI=1S/C6H3BrClN3/c7-4-2-10-6-5(11-4)3(8)1-9-6/h1-2H,(H,9,10). The van der Waals surface area contributed by atoms with Crippen molar-refractivity contribution in [2.75, 3.05) is 0 Å². The third kappa shape index (κ3) is 1.12. The third-order valence-corrected chi connectivity index (χ3v) is 1.98. The maximum Gasteiger partial charge on any atom is 0.157 e. The van der Waals surface area contributed by atoms with Crippen molar-refractivity contribution in [3.8, 4) is 0 Å². The number of nitrogens with zero attached hydrogens (tertiary/aromatic N) is 2. The molecule has 0 bridgehead atoms. The quantitative estimate of drug-likeness (QED) is 0.758. The van der Waals surface area contributed by atoms with E-state index in [-0.39, 0.29) is 0 Å². The first kappa shape index (κ1) is 7.06. The second-order valence-corrected chi connectivity index (χ2v) is 3.25. The Bertz CT molecular complexity index is 398. The molecule has 2 aromatic heterocycles. The molecule has 2 heterocycles. The molecule has 0 aromatic carbocycles. The molecule has 0 aliphatic heterocycles. The minimum Gasteiger partial charge on any atom is -0.343 e. The normalized spacial score (nSPS) is 10.7. The molecule has 56 valence electrons. The molecule has 0 saturated carbocycles. The van der Waals surface area contributed by atoms with Gasteiger partial charge in [-0.3, -0.25) is 0 Å². The molecule has 0 radical (unpaired) electrons. The zero-order chi connectivity index (χ0) is 7.84. The van der Waals surface area contributed by atoms with E-state index in [2.05, 4.69) is 30.9 Å². The van der Waals surface area contributed by atoms with Crippen molar-refractivity contribution < 1.29 is 0 Å². The number of aromatic nitrogens is 3. The van der Waals surface area contributed by atoms with Gasteiger partial charge in [-0.25, -0.2) is 9.97 Å². The van der Waals surface area contributed by atoms with Crippen molar-refractivity contribution in [2.45, 2.75) is 0 Å². The Balaban J connectivity index is 2.87. The maximum atomic E-state index is 5.79. The lowest BCUT2D eigenvalue weighted by molar-refractivity contribution is 1.23. The number of halogens is 2. The summed E-state index contributed by atoms with van der Waals surface area (Å²) in [5.41, 5.74) is 1.40. The molecule has 0 saturated heterocycles. The van der Waals surface area contributed by atoms with Gasteiger partial charge in [0, 0.05) is 6.20 Å². The second kappa shape index (κ2) is 2.46. The lowest BCUT2D eigenvalue weighted by Gasteiger charge is -1.88. The first-order chi connectivity index (χ1) is 5.27. The number of H-pyrrole nitrogens is 1. The molecule has 2 rings (SSSR count). The fraction of sp³-hybridized carbons (Fsp3) is 0. The number of nitrogens with one attached hydrogen (secondary N) is 1. The van der Waals surface area contributed by atoms with E-state index in [0.717, 1.165) is 0 Å². The summed E-state index contributed by atoms with van der Waals surface area (Å²) in [6.07, 6.45) is 3.29. The third-order valence-electron chi connectivity index (χ3n) is 1.30. The summed E-state index contributed by atoms with van der Waals surface area (Å²) in [5, 5.41) is 0.591. The highest BCUT2D eigenvalue weighted by atomic mass is 79.9. The van der Waals surface area contributed by atoms with Gasteiger partial charge in [0.15, 0.2) is 5.65 Å². The molecule has 0 aliphatic carbocycles. The predicted molar refractivity (Wildman–Crippen MR) is 46.6 cm³/mol. The van der Waals surface area contributed by atoms with Gasteiger partial charge in [0.05, 0.1) is 11.2 Å². The molecule has 0 spiro atoms. The average Bonchev–Trinajstić information content (AvgIpc) is 2.33. The van der Waals surface area contributed by atoms with Crippen LogP contribution in [-0.2, 0) is 0 Å².